The first-order valence-electron chi connectivity index (χ1n) is 6.31. The van der Waals surface area contributed by atoms with Crippen molar-refractivity contribution in [1.82, 2.24) is 4.90 Å². The summed E-state index contributed by atoms with van der Waals surface area (Å²) in [5.41, 5.74) is 0.931. The minimum Gasteiger partial charge on any atom is -0.505 e. The SMILES string of the molecule is CC1CCCC(C)N1Cc1ccc(O)c(F)c1. The number of phenols is 1. The Morgan fingerprint density at radius 2 is 1.94 bits per heavy atom. The molecule has 0 spiro atoms. The minimum atomic E-state index is -0.528. The first-order valence-corrected chi connectivity index (χ1v) is 6.31. The smallest absolute Gasteiger partial charge is 0.165 e. The monoisotopic (exact) mass is 237 g/mol. The molecule has 0 amide bonds. The molecule has 1 aromatic rings. The predicted octanol–water partition coefficient (Wildman–Crippen LogP) is 3.29. The average Bonchev–Trinajstić information content (AvgIpc) is 2.28. The van der Waals surface area contributed by atoms with Crippen molar-refractivity contribution in [1.29, 1.82) is 0 Å². The number of aromatic hydroxyl groups is 1. The van der Waals surface area contributed by atoms with Crippen molar-refractivity contribution in [2.75, 3.05) is 0 Å². The van der Waals surface area contributed by atoms with E-state index >= 15 is 0 Å². The Balaban J connectivity index is 2.10. The molecule has 0 aliphatic carbocycles. The summed E-state index contributed by atoms with van der Waals surface area (Å²) in [7, 11) is 0. The van der Waals surface area contributed by atoms with Crippen LogP contribution in [0.2, 0.25) is 0 Å². The molecule has 0 radical (unpaired) electrons. The summed E-state index contributed by atoms with van der Waals surface area (Å²) in [4.78, 5) is 2.41. The number of phenolic OH excluding ortho intramolecular Hbond substituents is 1. The van der Waals surface area contributed by atoms with Gasteiger partial charge >= 0.3 is 0 Å². The summed E-state index contributed by atoms with van der Waals surface area (Å²) in [6, 6.07) is 5.77. The topological polar surface area (TPSA) is 23.5 Å². The molecule has 0 aromatic heterocycles. The van der Waals surface area contributed by atoms with Crippen LogP contribution in [0.5, 0.6) is 5.75 Å². The zero-order chi connectivity index (χ0) is 12.4. The van der Waals surface area contributed by atoms with E-state index in [1.807, 2.05) is 0 Å². The maximum Gasteiger partial charge on any atom is 0.165 e. The van der Waals surface area contributed by atoms with Crippen molar-refractivity contribution >= 4 is 0 Å². The molecule has 2 nitrogen and oxygen atoms in total. The standard InChI is InChI=1S/C14H20FNO/c1-10-4-3-5-11(2)16(10)9-12-6-7-14(17)13(15)8-12/h6-8,10-11,17H,3-5,9H2,1-2H3. The Morgan fingerprint density at radius 3 is 2.53 bits per heavy atom. The van der Waals surface area contributed by atoms with Gasteiger partial charge in [-0.1, -0.05) is 12.5 Å². The largest absolute Gasteiger partial charge is 0.505 e. The number of rotatable bonds is 2. The Kier molecular flexibility index (Phi) is 3.67. The highest BCUT2D eigenvalue weighted by molar-refractivity contribution is 5.28. The highest BCUT2D eigenvalue weighted by atomic mass is 19.1. The molecule has 2 rings (SSSR count). The summed E-state index contributed by atoms with van der Waals surface area (Å²) < 4.78 is 13.3. The third-order valence-corrected chi connectivity index (χ3v) is 3.75. The van der Waals surface area contributed by atoms with Gasteiger partial charge in [-0.25, -0.2) is 4.39 Å². The van der Waals surface area contributed by atoms with E-state index in [-0.39, 0.29) is 5.75 Å². The fourth-order valence-corrected chi connectivity index (χ4v) is 2.65. The lowest BCUT2D eigenvalue weighted by atomic mass is 9.97. The fraction of sp³-hybridized carbons (Fsp3) is 0.571. The molecule has 0 saturated carbocycles. The Bertz CT molecular complexity index is 384. The van der Waals surface area contributed by atoms with Crippen LogP contribution in [-0.4, -0.2) is 22.1 Å². The van der Waals surface area contributed by atoms with E-state index in [9.17, 15) is 4.39 Å². The van der Waals surface area contributed by atoms with Gasteiger partial charge in [-0.2, -0.15) is 0 Å². The quantitative estimate of drug-likeness (QED) is 0.853. The number of hydrogen-bond donors (Lipinski definition) is 1. The Hall–Kier alpha value is -1.09. The van der Waals surface area contributed by atoms with Gasteiger partial charge in [-0.15, -0.1) is 0 Å². The Morgan fingerprint density at radius 1 is 1.29 bits per heavy atom. The molecule has 1 N–H and O–H groups in total. The summed E-state index contributed by atoms with van der Waals surface area (Å²) in [5.74, 6) is -0.798. The van der Waals surface area contributed by atoms with Gasteiger partial charge in [0, 0.05) is 18.6 Å². The van der Waals surface area contributed by atoms with Gasteiger partial charge in [0.25, 0.3) is 0 Å². The molecule has 1 aliphatic heterocycles. The lowest BCUT2D eigenvalue weighted by Crippen LogP contribution is -2.42. The predicted molar refractivity (Wildman–Crippen MR) is 66.4 cm³/mol. The number of likely N-dealkylation sites (tertiary alicyclic amines) is 1. The van der Waals surface area contributed by atoms with Crippen LogP contribution < -0.4 is 0 Å². The molecule has 2 atom stereocenters. The van der Waals surface area contributed by atoms with Crippen molar-refractivity contribution in [3.63, 3.8) is 0 Å². The van der Waals surface area contributed by atoms with E-state index in [1.54, 1.807) is 6.07 Å². The van der Waals surface area contributed by atoms with E-state index in [4.69, 9.17) is 5.11 Å². The van der Waals surface area contributed by atoms with Crippen molar-refractivity contribution in [2.24, 2.45) is 0 Å². The summed E-state index contributed by atoms with van der Waals surface area (Å²) in [5, 5.41) is 9.16. The zero-order valence-electron chi connectivity index (χ0n) is 10.5. The molecule has 1 fully saturated rings. The molecule has 0 bridgehead atoms. The van der Waals surface area contributed by atoms with E-state index in [1.165, 1.54) is 31.4 Å². The molecule has 3 heteroatoms. The van der Waals surface area contributed by atoms with E-state index in [0.29, 0.717) is 12.1 Å². The number of hydrogen-bond acceptors (Lipinski definition) is 2. The Labute approximate surface area is 102 Å². The second-order valence-electron chi connectivity index (χ2n) is 5.09. The van der Waals surface area contributed by atoms with Crippen LogP contribution in [0, 0.1) is 5.82 Å². The van der Waals surface area contributed by atoms with Crippen LogP contribution in [0.4, 0.5) is 4.39 Å². The first-order chi connectivity index (χ1) is 8.08. The molecular weight excluding hydrogens is 217 g/mol. The van der Waals surface area contributed by atoms with Gasteiger partial charge < -0.3 is 5.11 Å². The van der Waals surface area contributed by atoms with Crippen molar-refractivity contribution in [3.8, 4) is 5.75 Å². The molecule has 1 saturated heterocycles. The van der Waals surface area contributed by atoms with Crippen LogP contribution in [0.1, 0.15) is 38.7 Å². The first kappa shape index (κ1) is 12.4. The summed E-state index contributed by atoms with van der Waals surface area (Å²) in [6.45, 7) is 5.22. The fourth-order valence-electron chi connectivity index (χ4n) is 2.65. The number of piperidine rings is 1. The van der Waals surface area contributed by atoms with Gasteiger partial charge in [0.2, 0.25) is 0 Å². The third kappa shape index (κ3) is 2.78. The van der Waals surface area contributed by atoms with E-state index in [2.05, 4.69) is 18.7 Å². The van der Waals surface area contributed by atoms with Crippen LogP contribution in [0.15, 0.2) is 18.2 Å². The molecular formula is C14H20FNO. The molecule has 1 aromatic carbocycles. The number of benzene rings is 1. The normalized spacial score (nSPS) is 26.1. The third-order valence-electron chi connectivity index (χ3n) is 3.75. The van der Waals surface area contributed by atoms with Crippen LogP contribution in [-0.2, 0) is 6.54 Å². The van der Waals surface area contributed by atoms with Crippen LogP contribution in [0.3, 0.4) is 0 Å². The zero-order valence-corrected chi connectivity index (χ0v) is 10.5. The van der Waals surface area contributed by atoms with Crippen molar-refractivity contribution in [3.05, 3.63) is 29.6 Å². The van der Waals surface area contributed by atoms with E-state index < -0.39 is 5.82 Å². The van der Waals surface area contributed by atoms with Crippen molar-refractivity contribution in [2.45, 2.75) is 51.7 Å². The van der Waals surface area contributed by atoms with Gasteiger partial charge in [0.1, 0.15) is 0 Å². The second kappa shape index (κ2) is 5.05. The van der Waals surface area contributed by atoms with Crippen LogP contribution in [0.25, 0.3) is 0 Å². The minimum absolute atomic E-state index is 0.270. The lowest BCUT2D eigenvalue weighted by molar-refractivity contribution is 0.0951. The van der Waals surface area contributed by atoms with Crippen molar-refractivity contribution < 1.29 is 9.50 Å². The maximum absolute atomic E-state index is 13.3. The molecule has 94 valence electrons. The van der Waals surface area contributed by atoms with Gasteiger partial charge in [-0.05, 0) is 44.4 Å². The van der Waals surface area contributed by atoms with Gasteiger partial charge in [0.15, 0.2) is 11.6 Å². The molecule has 1 aliphatic rings. The summed E-state index contributed by atoms with van der Waals surface area (Å²) in [6.07, 6.45) is 3.71. The van der Waals surface area contributed by atoms with E-state index in [0.717, 1.165) is 12.1 Å². The molecule has 1 heterocycles. The number of halogens is 1. The second-order valence-corrected chi connectivity index (χ2v) is 5.09. The van der Waals surface area contributed by atoms with Crippen LogP contribution >= 0.6 is 0 Å². The molecule has 2 unspecified atom stereocenters. The highest BCUT2D eigenvalue weighted by Gasteiger charge is 2.24. The van der Waals surface area contributed by atoms with Gasteiger partial charge in [-0.3, -0.25) is 4.90 Å². The number of nitrogens with zero attached hydrogens (tertiary/aromatic N) is 1. The van der Waals surface area contributed by atoms with Gasteiger partial charge in [0.05, 0.1) is 0 Å². The summed E-state index contributed by atoms with van der Waals surface area (Å²) >= 11 is 0. The molecule has 17 heavy (non-hydrogen) atoms. The average molecular weight is 237 g/mol. The lowest BCUT2D eigenvalue weighted by Gasteiger charge is -2.39. The highest BCUT2D eigenvalue weighted by Crippen LogP contribution is 2.25. The maximum atomic E-state index is 13.3.